The van der Waals surface area contributed by atoms with Crippen molar-refractivity contribution in [3.05, 3.63) is 35.9 Å². The summed E-state index contributed by atoms with van der Waals surface area (Å²) in [4.78, 5) is 2.61. The zero-order valence-electron chi connectivity index (χ0n) is 9.74. The van der Waals surface area contributed by atoms with E-state index >= 15 is 0 Å². The molecule has 16 heavy (non-hydrogen) atoms. The molecule has 88 valence electrons. The summed E-state index contributed by atoms with van der Waals surface area (Å²) in [7, 11) is 0. The Morgan fingerprint density at radius 2 is 2.06 bits per heavy atom. The maximum absolute atomic E-state index is 5.77. The van der Waals surface area contributed by atoms with Gasteiger partial charge in [-0.15, -0.1) is 11.6 Å². The minimum atomic E-state index is 0.763. The number of nitrogens with zero attached hydrogens (tertiary/aromatic N) is 1. The first kappa shape index (κ1) is 11.9. The Bertz CT molecular complexity index is 299. The van der Waals surface area contributed by atoms with Crippen LogP contribution in [-0.2, 0) is 6.54 Å². The van der Waals surface area contributed by atoms with E-state index in [1.165, 1.54) is 31.4 Å². The fraction of sp³-hybridized carbons (Fsp3) is 0.571. The van der Waals surface area contributed by atoms with Crippen molar-refractivity contribution < 1.29 is 0 Å². The topological polar surface area (TPSA) is 3.24 Å². The van der Waals surface area contributed by atoms with Crippen LogP contribution >= 0.6 is 11.6 Å². The predicted molar refractivity (Wildman–Crippen MR) is 69.8 cm³/mol. The van der Waals surface area contributed by atoms with E-state index < -0.39 is 0 Å². The minimum absolute atomic E-state index is 0.763. The molecule has 1 unspecified atom stereocenters. The summed E-state index contributed by atoms with van der Waals surface area (Å²) in [6.07, 6.45) is 5.11. The van der Waals surface area contributed by atoms with Gasteiger partial charge in [0.1, 0.15) is 0 Å². The summed E-state index contributed by atoms with van der Waals surface area (Å²) < 4.78 is 0. The van der Waals surface area contributed by atoms with Crippen molar-refractivity contribution in [3.63, 3.8) is 0 Å². The van der Waals surface area contributed by atoms with Gasteiger partial charge in [0, 0.05) is 18.5 Å². The molecule has 1 aliphatic heterocycles. The molecular formula is C14H20ClN. The number of benzene rings is 1. The summed E-state index contributed by atoms with van der Waals surface area (Å²) in [6.45, 7) is 2.36. The first-order valence-corrected chi connectivity index (χ1v) is 6.77. The van der Waals surface area contributed by atoms with Crippen LogP contribution in [0, 0.1) is 0 Å². The Kier molecular flexibility index (Phi) is 4.68. The van der Waals surface area contributed by atoms with Crippen LogP contribution in [0.25, 0.3) is 0 Å². The maximum Gasteiger partial charge on any atom is 0.0236 e. The van der Waals surface area contributed by atoms with E-state index in [0.717, 1.165) is 24.9 Å². The van der Waals surface area contributed by atoms with Gasteiger partial charge in [0.05, 0.1) is 0 Å². The smallest absolute Gasteiger partial charge is 0.0236 e. The molecule has 1 fully saturated rings. The zero-order chi connectivity index (χ0) is 11.2. The first-order valence-electron chi connectivity index (χ1n) is 6.24. The average molecular weight is 238 g/mol. The lowest BCUT2D eigenvalue weighted by Gasteiger charge is -2.24. The number of likely N-dealkylation sites (tertiary alicyclic amines) is 1. The summed E-state index contributed by atoms with van der Waals surface area (Å²) in [5, 5.41) is 0. The number of rotatable bonds is 5. The molecule has 1 aromatic rings. The Hall–Kier alpha value is -0.530. The van der Waals surface area contributed by atoms with Gasteiger partial charge < -0.3 is 0 Å². The van der Waals surface area contributed by atoms with Gasteiger partial charge in [0.2, 0.25) is 0 Å². The highest BCUT2D eigenvalue weighted by molar-refractivity contribution is 6.17. The van der Waals surface area contributed by atoms with Crippen molar-refractivity contribution in [2.75, 3.05) is 12.4 Å². The van der Waals surface area contributed by atoms with E-state index in [-0.39, 0.29) is 0 Å². The molecule has 0 bridgehead atoms. The molecular weight excluding hydrogens is 218 g/mol. The fourth-order valence-electron chi connectivity index (χ4n) is 2.56. The van der Waals surface area contributed by atoms with E-state index in [4.69, 9.17) is 11.6 Å². The lowest BCUT2D eigenvalue weighted by molar-refractivity contribution is 0.234. The lowest BCUT2D eigenvalue weighted by atomic mass is 10.1. The number of hydrogen-bond acceptors (Lipinski definition) is 1. The highest BCUT2D eigenvalue weighted by Gasteiger charge is 2.23. The second-order valence-electron chi connectivity index (χ2n) is 4.58. The molecule has 0 saturated carbocycles. The monoisotopic (exact) mass is 237 g/mol. The highest BCUT2D eigenvalue weighted by atomic mass is 35.5. The number of hydrogen-bond donors (Lipinski definition) is 0. The molecule has 2 heteroatoms. The molecule has 2 rings (SSSR count). The van der Waals surface area contributed by atoms with Crippen LogP contribution in [-0.4, -0.2) is 23.4 Å². The normalized spacial score (nSPS) is 21.4. The molecule has 1 aromatic carbocycles. The SMILES string of the molecule is ClCCCC1CCCN1Cc1ccccc1. The van der Waals surface area contributed by atoms with Crippen LogP contribution < -0.4 is 0 Å². The second-order valence-corrected chi connectivity index (χ2v) is 4.96. The van der Waals surface area contributed by atoms with E-state index in [1.807, 2.05) is 0 Å². The third-order valence-electron chi connectivity index (χ3n) is 3.40. The molecule has 0 aromatic heterocycles. The van der Waals surface area contributed by atoms with Crippen molar-refractivity contribution in [2.45, 2.75) is 38.3 Å². The molecule has 0 N–H and O–H groups in total. The maximum atomic E-state index is 5.77. The molecule has 0 aliphatic carbocycles. The van der Waals surface area contributed by atoms with Crippen molar-refractivity contribution in [1.82, 2.24) is 4.90 Å². The van der Waals surface area contributed by atoms with Gasteiger partial charge in [-0.3, -0.25) is 4.90 Å². The van der Waals surface area contributed by atoms with Gasteiger partial charge in [-0.2, -0.15) is 0 Å². The van der Waals surface area contributed by atoms with Crippen LogP contribution in [0.3, 0.4) is 0 Å². The van der Waals surface area contributed by atoms with Gasteiger partial charge in [-0.05, 0) is 37.8 Å². The molecule has 1 aliphatic rings. The van der Waals surface area contributed by atoms with Crippen LogP contribution in [0.4, 0.5) is 0 Å². The highest BCUT2D eigenvalue weighted by Crippen LogP contribution is 2.23. The quantitative estimate of drug-likeness (QED) is 0.707. The van der Waals surface area contributed by atoms with Gasteiger partial charge in [0.15, 0.2) is 0 Å². The van der Waals surface area contributed by atoms with Crippen LogP contribution in [0.2, 0.25) is 0 Å². The third-order valence-corrected chi connectivity index (χ3v) is 3.67. The fourth-order valence-corrected chi connectivity index (χ4v) is 2.72. The largest absolute Gasteiger partial charge is 0.296 e. The Balaban J connectivity index is 1.88. The Labute approximate surface area is 103 Å². The first-order chi connectivity index (χ1) is 7.90. The molecule has 1 atom stereocenters. The van der Waals surface area contributed by atoms with Crippen molar-refractivity contribution in [1.29, 1.82) is 0 Å². The number of alkyl halides is 1. The van der Waals surface area contributed by atoms with Crippen LogP contribution in [0.1, 0.15) is 31.2 Å². The van der Waals surface area contributed by atoms with Gasteiger partial charge in [-0.25, -0.2) is 0 Å². The summed E-state index contributed by atoms with van der Waals surface area (Å²) in [5.74, 6) is 0.801. The summed E-state index contributed by atoms with van der Waals surface area (Å²) in [5.41, 5.74) is 1.43. The zero-order valence-corrected chi connectivity index (χ0v) is 10.5. The molecule has 0 spiro atoms. The van der Waals surface area contributed by atoms with Crippen LogP contribution in [0.15, 0.2) is 30.3 Å². The third kappa shape index (κ3) is 3.23. The predicted octanol–water partition coefficient (Wildman–Crippen LogP) is 3.67. The number of halogens is 1. The van der Waals surface area contributed by atoms with Gasteiger partial charge in [0.25, 0.3) is 0 Å². The van der Waals surface area contributed by atoms with E-state index in [1.54, 1.807) is 0 Å². The Morgan fingerprint density at radius 3 is 2.81 bits per heavy atom. The van der Waals surface area contributed by atoms with Crippen molar-refractivity contribution >= 4 is 11.6 Å². The van der Waals surface area contributed by atoms with Crippen molar-refractivity contribution in [3.8, 4) is 0 Å². The molecule has 0 amide bonds. The van der Waals surface area contributed by atoms with Gasteiger partial charge in [-0.1, -0.05) is 30.3 Å². The molecule has 0 radical (unpaired) electrons. The van der Waals surface area contributed by atoms with E-state index in [9.17, 15) is 0 Å². The van der Waals surface area contributed by atoms with E-state index in [2.05, 4.69) is 35.2 Å². The summed E-state index contributed by atoms with van der Waals surface area (Å²) in [6, 6.07) is 11.5. The van der Waals surface area contributed by atoms with Crippen molar-refractivity contribution in [2.24, 2.45) is 0 Å². The molecule has 1 nitrogen and oxygen atoms in total. The van der Waals surface area contributed by atoms with Gasteiger partial charge >= 0.3 is 0 Å². The standard InChI is InChI=1S/C14H20ClN/c15-10-4-8-14-9-5-11-16(14)12-13-6-2-1-3-7-13/h1-3,6-7,14H,4-5,8-12H2. The molecule has 1 saturated heterocycles. The second kappa shape index (κ2) is 6.27. The lowest BCUT2D eigenvalue weighted by Crippen LogP contribution is -2.28. The minimum Gasteiger partial charge on any atom is -0.296 e. The van der Waals surface area contributed by atoms with E-state index in [0.29, 0.717) is 0 Å². The summed E-state index contributed by atoms with van der Waals surface area (Å²) >= 11 is 5.77. The molecule has 1 heterocycles. The average Bonchev–Trinajstić information content (AvgIpc) is 2.75. The Morgan fingerprint density at radius 1 is 1.25 bits per heavy atom. The van der Waals surface area contributed by atoms with Crippen LogP contribution in [0.5, 0.6) is 0 Å².